The van der Waals surface area contributed by atoms with Crippen LogP contribution in [0, 0.1) is 5.92 Å². The first-order valence-electron chi connectivity index (χ1n) is 8.33. The first-order chi connectivity index (χ1) is 9.61. The zero-order chi connectivity index (χ0) is 14.4. The van der Waals surface area contributed by atoms with E-state index in [2.05, 4.69) is 17.1 Å². The highest BCUT2D eigenvalue weighted by Gasteiger charge is 2.32. The Kier molecular flexibility index (Phi) is 5.85. The van der Waals surface area contributed by atoms with Crippen LogP contribution >= 0.6 is 0 Å². The summed E-state index contributed by atoms with van der Waals surface area (Å²) in [6, 6.07) is 0. The lowest BCUT2D eigenvalue weighted by molar-refractivity contribution is -0.123. The summed E-state index contributed by atoms with van der Waals surface area (Å²) in [6.45, 7) is 5.78. The Hall–Kier alpha value is -0.610. The Labute approximate surface area is 122 Å². The molecular formula is C16H30N2O2. The molecule has 2 aliphatic rings. The molecule has 1 saturated heterocycles. The van der Waals surface area contributed by atoms with Gasteiger partial charge < -0.3 is 15.3 Å². The van der Waals surface area contributed by atoms with Gasteiger partial charge in [-0.2, -0.15) is 0 Å². The topological polar surface area (TPSA) is 52.6 Å². The van der Waals surface area contributed by atoms with Gasteiger partial charge in [0.05, 0.1) is 5.60 Å². The van der Waals surface area contributed by atoms with E-state index in [1.807, 2.05) is 0 Å². The second-order valence-electron chi connectivity index (χ2n) is 6.65. The van der Waals surface area contributed by atoms with Gasteiger partial charge in [-0.3, -0.25) is 4.79 Å². The van der Waals surface area contributed by atoms with Gasteiger partial charge in [-0.05, 0) is 57.5 Å². The number of nitrogens with one attached hydrogen (secondary N) is 1. The maximum atomic E-state index is 11.9. The number of carbonyl (C=O) groups excluding carboxylic acids is 1. The van der Waals surface area contributed by atoms with Gasteiger partial charge in [0.25, 0.3) is 0 Å². The number of hydrogen-bond acceptors (Lipinski definition) is 3. The molecule has 116 valence electrons. The van der Waals surface area contributed by atoms with E-state index in [0.29, 0.717) is 13.0 Å². The smallest absolute Gasteiger partial charge is 0.221 e. The quantitative estimate of drug-likeness (QED) is 0.782. The van der Waals surface area contributed by atoms with E-state index >= 15 is 0 Å². The predicted molar refractivity (Wildman–Crippen MR) is 80.5 cm³/mol. The molecule has 0 unspecified atom stereocenters. The second-order valence-corrected chi connectivity index (χ2v) is 6.65. The van der Waals surface area contributed by atoms with E-state index in [0.717, 1.165) is 51.2 Å². The van der Waals surface area contributed by atoms with Crippen LogP contribution in [-0.4, -0.2) is 47.7 Å². The van der Waals surface area contributed by atoms with Crippen molar-refractivity contribution in [2.75, 3.05) is 26.2 Å². The lowest BCUT2D eigenvalue weighted by Gasteiger charge is -2.35. The Morgan fingerprint density at radius 3 is 2.55 bits per heavy atom. The van der Waals surface area contributed by atoms with Gasteiger partial charge in [0.2, 0.25) is 5.91 Å². The van der Waals surface area contributed by atoms with Crippen molar-refractivity contribution in [2.45, 2.75) is 63.9 Å². The summed E-state index contributed by atoms with van der Waals surface area (Å²) < 4.78 is 0. The first kappa shape index (κ1) is 15.8. The molecule has 0 aromatic heterocycles. The zero-order valence-electron chi connectivity index (χ0n) is 12.9. The van der Waals surface area contributed by atoms with Crippen molar-refractivity contribution in [1.29, 1.82) is 0 Å². The standard InChI is InChI=1S/C16H30N2O2/c1-2-14-5-8-16(20,9-6-14)13-17-15(19)7-12-18-10-3-4-11-18/h14,20H,2-13H2,1H3,(H,17,19). The highest BCUT2D eigenvalue weighted by Crippen LogP contribution is 2.33. The molecule has 0 bridgehead atoms. The molecular weight excluding hydrogens is 252 g/mol. The molecule has 4 nitrogen and oxygen atoms in total. The van der Waals surface area contributed by atoms with Crippen LogP contribution < -0.4 is 5.32 Å². The van der Waals surface area contributed by atoms with Crippen molar-refractivity contribution in [3.05, 3.63) is 0 Å². The van der Waals surface area contributed by atoms with Crippen LogP contribution in [0.1, 0.15) is 58.3 Å². The van der Waals surface area contributed by atoms with Crippen molar-refractivity contribution in [1.82, 2.24) is 10.2 Å². The minimum absolute atomic E-state index is 0.0861. The lowest BCUT2D eigenvalue weighted by Crippen LogP contribution is -2.45. The van der Waals surface area contributed by atoms with Crippen molar-refractivity contribution < 1.29 is 9.90 Å². The summed E-state index contributed by atoms with van der Waals surface area (Å²) in [5.74, 6) is 0.851. The molecule has 4 heteroatoms. The molecule has 1 aliphatic carbocycles. The minimum atomic E-state index is -0.658. The maximum absolute atomic E-state index is 11.9. The summed E-state index contributed by atoms with van der Waals surface area (Å²) in [6.07, 6.45) is 8.15. The van der Waals surface area contributed by atoms with Crippen LogP contribution in [0.4, 0.5) is 0 Å². The predicted octanol–water partition coefficient (Wildman–Crippen LogP) is 1.92. The van der Waals surface area contributed by atoms with Crippen LogP contribution in [0.5, 0.6) is 0 Å². The number of carbonyl (C=O) groups is 1. The molecule has 1 aliphatic heterocycles. The monoisotopic (exact) mass is 282 g/mol. The van der Waals surface area contributed by atoms with E-state index < -0.39 is 5.60 Å². The number of likely N-dealkylation sites (tertiary alicyclic amines) is 1. The molecule has 0 radical (unpaired) electrons. The molecule has 0 aromatic carbocycles. The van der Waals surface area contributed by atoms with Gasteiger partial charge in [0.1, 0.15) is 0 Å². The normalized spacial score (nSPS) is 31.4. The molecule has 1 heterocycles. The summed E-state index contributed by atoms with van der Waals surface area (Å²) >= 11 is 0. The third kappa shape index (κ3) is 4.74. The van der Waals surface area contributed by atoms with Crippen molar-refractivity contribution >= 4 is 5.91 Å². The average molecular weight is 282 g/mol. The largest absolute Gasteiger partial charge is 0.388 e. The van der Waals surface area contributed by atoms with Crippen LogP contribution in [-0.2, 0) is 4.79 Å². The van der Waals surface area contributed by atoms with E-state index in [-0.39, 0.29) is 5.91 Å². The Morgan fingerprint density at radius 1 is 1.30 bits per heavy atom. The fourth-order valence-corrected chi connectivity index (χ4v) is 3.42. The number of nitrogens with zero attached hydrogens (tertiary/aromatic N) is 1. The van der Waals surface area contributed by atoms with E-state index in [1.54, 1.807) is 0 Å². The fraction of sp³-hybridized carbons (Fsp3) is 0.938. The third-order valence-corrected chi connectivity index (χ3v) is 5.08. The first-order valence-corrected chi connectivity index (χ1v) is 8.33. The van der Waals surface area contributed by atoms with Crippen LogP contribution in [0.15, 0.2) is 0 Å². The Balaban J connectivity index is 1.62. The highest BCUT2D eigenvalue weighted by molar-refractivity contribution is 5.76. The zero-order valence-corrected chi connectivity index (χ0v) is 12.9. The SMILES string of the molecule is CCC1CCC(O)(CNC(=O)CCN2CCCC2)CC1. The fourth-order valence-electron chi connectivity index (χ4n) is 3.42. The second kappa shape index (κ2) is 7.41. The third-order valence-electron chi connectivity index (χ3n) is 5.08. The summed E-state index contributed by atoms with van der Waals surface area (Å²) in [4.78, 5) is 14.2. The van der Waals surface area contributed by atoms with E-state index in [1.165, 1.54) is 19.3 Å². The average Bonchev–Trinajstić information content (AvgIpc) is 2.97. The number of amides is 1. The van der Waals surface area contributed by atoms with Crippen molar-refractivity contribution in [3.63, 3.8) is 0 Å². The molecule has 0 spiro atoms. The molecule has 20 heavy (non-hydrogen) atoms. The summed E-state index contributed by atoms with van der Waals surface area (Å²) in [5, 5.41) is 13.4. The number of hydrogen-bond donors (Lipinski definition) is 2. The minimum Gasteiger partial charge on any atom is -0.388 e. The molecule has 0 aromatic rings. The highest BCUT2D eigenvalue weighted by atomic mass is 16.3. The Bertz CT molecular complexity index is 306. The lowest BCUT2D eigenvalue weighted by atomic mass is 9.78. The van der Waals surface area contributed by atoms with Gasteiger partial charge in [-0.15, -0.1) is 0 Å². The molecule has 1 amide bonds. The van der Waals surface area contributed by atoms with Crippen molar-refractivity contribution in [3.8, 4) is 0 Å². The van der Waals surface area contributed by atoms with Gasteiger partial charge in [0.15, 0.2) is 0 Å². The molecule has 2 N–H and O–H groups in total. The molecule has 0 atom stereocenters. The van der Waals surface area contributed by atoms with Gasteiger partial charge in [-0.25, -0.2) is 0 Å². The Morgan fingerprint density at radius 2 is 1.95 bits per heavy atom. The summed E-state index contributed by atoms with van der Waals surface area (Å²) in [7, 11) is 0. The number of aliphatic hydroxyl groups is 1. The molecule has 2 rings (SSSR count). The van der Waals surface area contributed by atoms with Crippen LogP contribution in [0.3, 0.4) is 0 Å². The van der Waals surface area contributed by atoms with Crippen LogP contribution in [0.2, 0.25) is 0 Å². The van der Waals surface area contributed by atoms with Crippen LogP contribution in [0.25, 0.3) is 0 Å². The number of rotatable bonds is 6. The van der Waals surface area contributed by atoms with E-state index in [9.17, 15) is 9.90 Å². The van der Waals surface area contributed by atoms with Gasteiger partial charge >= 0.3 is 0 Å². The van der Waals surface area contributed by atoms with Gasteiger partial charge in [-0.1, -0.05) is 13.3 Å². The molecule has 1 saturated carbocycles. The van der Waals surface area contributed by atoms with Crippen molar-refractivity contribution in [2.24, 2.45) is 5.92 Å². The van der Waals surface area contributed by atoms with Gasteiger partial charge in [0, 0.05) is 19.5 Å². The molecule has 2 fully saturated rings. The maximum Gasteiger partial charge on any atom is 0.221 e. The summed E-state index contributed by atoms with van der Waals surface area (Å²) in [5.41, 5.74) is -0.658. The van der Waals surface area contributed by atoms with E-state index in [4.69, 9.17) is 0 Å².